The second-order valence-electron chi connectivity index (χ2n) is 20.8. The van der Waals surface area contributed by atoms with Gasteiger partial charge in [0, 0.05) is 28.9 Å². The second-order valence-corrected chi connectivity index (χ2v) is 23.6. The van der Waals surface area contributed by atoms with Gasteiger partial charge < -0.3 is 4.57 Å². The molecule has 0 unspecified atom stereocenters. The molecule has 0 saturated heterocycles. The monoisotopic (exact) mass is 1310 g/mol. The summed E-state index contributed by atoms with van der Waals surface area (Å²) in [6.07, 6.45) is -4.20. The average Bonchev–Trinajstić information content (AvgIpc) is 4.11. The molecule has 0 bridgehead atoms. The van der Waals surface area contributed by atoms with Crippen molar-refractivity contribution < 1.29 is 48.3 Å². The number of alkyl halides is 9. The van der Waals surface area contributed by atoms with Crippen LogP contribution < -0.4 is 0 Å². The fourth-order valence-electron chi connectivity index (χ4n) is 11.6. The van der Waals surface area contributed by atoms with Crippen LogP contribution in [-0.2, 0) is 21.5 Å². The number of hydrogen-bond acceptors (Lipinski definition) is 0. The molecule has 0 N–H and O–H groups in total. The summed E-state index contributed by atoms with van der Waals surface area (Å²) < 4.78 is 163. The Labute approximate surface area is 482 Å². The summed E-state index contributed by atoms with van der Waals surface area (Å²) in [7, 11) is 0. The number of halogens is 11. The Kier molecular flexibility index (Phi) is 12.6. The minimum atomic E-state index is -4.74. The van der Waals surface area contributed by atoms with Crippen molar-refractivity contribution in [3.63, 3.8) is 0 Å². The minimum absolute atomic E-state index is 0.114. The summed E-state index contributed by atoms with van der Waals surface area (Å²) in [5.74, 6) is -7.54. The SMILES string of the molecule is C=CC(F)(F)c1ccc2c(c1)c1cc([C](F)(F)[Tl])ccc1n2-c1ccc2c(-c3ccc(-c4ccc(F)cc4)cc3)c3cc(-n4c5ccc(C(C)(F)F)cc5c5cc(C(F)(F)F)ccc54)ccc3c(-c3ccc(-c4ccc(F)cc4)cc3)c2c1. The molecule has 13 rings (SSSR count). The Morgan fingerprint density at radius 3 is 1.05 bits per heavy atom. The third-order valence-electron chi connectivity index (χ3n) is 15.7. The molecule has 14 heteroatoms. The maximum atomic E-state index is 15.4. The molecule has 0 spiro atoms. The third-order valence-corrected chi connectivity index (χ3v) is 17.0. The third kappa shape index (κ3) is 9.33. The normalized spacial score (nSPS) is 12.7. The molecule has 406 valence electrons. The van der Waals surface area contributed by atoms with Crippen molar-refractivity contribution in [1.29, 1.82) is 0 Å². The summed E-state index contributed by atoms with van der Waals surface area (Å²) in [6, 6.07) is 54.7. The van der Waals surface area contributed by atoms with Gasteiger partial charge in [-0.2, -0.15) is 13.2 Å². The zero-order valence-corrected chi connectivity index (χ0v) is 48.0. The van der Waals surface area contributed by atoms with E-state index in [2.05, 4.69) is 6.58 Å². The van der Waals surface area contributed by atoms with E-state index in [1.807, 2.05) is 89.5 Å². The van der Waals surface area contributed by atoms with E-state index in [0.29, 0.717) is 77.4 Å². The molecule has 0 aliphatic rings. The van der Waals surface area contributed by atoms with Crippen LogP contribution in [0.1, 0.15) is 29.2 Å². The van der Waals surface area contributed by atoms with E-state index < -0.39 is 64.5 Å². The van der Waals surface area contributed by atoms with E-state index in [1.54, 1.807) is 41.0 Å². The zero-order chi connectivity index (χ0) is 58.1. The molecule has 0 atom stereocenters. The van der Waals surface area contributed by atoms with Crippen molar-refractivity contribution in [2.75, 3.05) is 0 Å². The van der Waals surface area contributed by atoms with Gasteiger partial charge in [-0.05, 0) is 89.0 Å². The van der Waals surface area contributed by atoms with Gasteiger partial charge in [0.2, 0.25) is 0 Å². The molecule has 2 aromatic heterocycles. The van der Waals surface area contributed by atoms with Crippen LogP contribution >= 0.6 is 0 Å². The van der Waals surface area contributed by atoms with Crippen LogP contribution in [0.2, 0.25) is 0 Å². The standard InChI is InChI=1S/C69H40F11N2.Tl/c1-3-68(76,77)46-18-30-62-56(34-46)54-32-44(66(72)73)16-28-60(54)81(62)50-24-26-52-58(36-50)64(42-8-4-38(5-9-42)40-12-20-48(70)21-13-40)53-27-25-51(37-59(53)65(52)43-10-6-39(7-11-43)41-14-22-49(71)23-15-41)82-61-29-17-45(67(2,74)75)33-55(61)57-35-47(69(78,79)80)19-31-63(57)82;/h3-37H,1H2,2H3;. The first kappa shape index (κ1) is 53.7. The fraction of sp³-hybridized carbons (Fsp3) is 0.0725. The van der Waals surface area contributed by atoms with Crippen molar-refractivity contribution >= 4 is 90.9 Å². The molecule has 0 radical (unpaired) electrons. The van der Waals surface area contributed by atoms with Crippen molar-refractivity contribution in [2.24, 2.45) is 0 Å². The van der Waals surface area contributed by atoms with Crippen LogP contribution in [0, 0.1) is 11.6 Å². The number of rotatable bonds is 10. The molecule has 0 saturated carbocycles. The van der Waals surface area contributed by atoms with Crippen molar-refractivity contribution in [3.05, 3.63) is 253 Å². The quantitative estimate of drug-likeness (QED) is 0.0559. The summed E-state index contributed by atoms with van der Waals surface area (Å²) in [5, 5.41) is 3.76. The molecule has 11 aromatic carbocycles. The van der Waals surface area contributed by atoms with Gasteiger partial charge in [0.1, 0.15) is 11.6 Å². The zero-order valence-electron chi connectivity index (χ0n) is 43.5. The molecule has 2 heterocycles. The van der Waals surface area contributed by atoms with Crippen LogP contribution in [0.3, 0.4) is 0 Å². The average molecular weight is 1310 g/mol. The van der Waals surface area contributed by atoms with Gasteiger partial charge in [0.15, 0.2) is 0 Å². The van der Waals surface area contributed by atoms with E-state index >= 15 is 26.3 Å². The molecule has 2 nitrogen and oxygen atoms in total. The molecule has 0 aliphatic carbocycles. The Morgan fingerprint density at radius 1 is 0.349 bits per heavy atom. The number of benzene rings is 11. The van der Waals surface area contributed by atoms with Gasteiger partial charge >= 0.3 is 231 Å². The van der Waals surface area contributed by atoms with Crippen LogP contribution in [0.5, 0.6) is 0 Å². The first-order chi connectivity index (χ1) is 39.5. The molecular formula is C69H40F11N2Tl. The van der Waals surface area contributed by atoms with Crippen molar-refractivity contribution in [1.82, 2.24) is 9.13 Å². The first-order valence-electron chi connectivity index (χ1n) is 26.1. The summed E-state index contributed by atoms with van der Waals surface area (Å²) in [4.78, 5) is 0. The molecule has 83 heavy (non-hydrogen) atoms. The maximum absolute atomic E-state index is 15.4. The number of allylic oxidation sites excluding steroid dienone is 1. The summed E-state index contributed by atoms with van der Waals surface area (Å²) in [6.45, 7) is 4.06. The predicted octanol–water partition coefficient (Wildman–Crippen LogP) is 20.8. The van der Waals surface area contributed by atoms with Crippen LogP contribution in [0.4, 0.5) is 48.3 Å². The van der Waals surface area contributed by atoms with Gasteiger partial charge in [0.25, 0.3) is 5.92 Å². The first-order valence-corrected chi connectivity index (χ1v) is 28.4. The van der Waals surface area contributed by atoms with Crippen molar-refractivity contribution in [3.8, 4) is 55.9 Å². The Bertz CT molecular complexity index is 4710. The molecule has 0 aliphatic heterocycles. The molecule has 0 fully saturated rings. The van der Waals surface area contributed by atoms with Gasteiger partial charge in [-0.15, -0.1) is 0 Å². The van der Waals surface area contributed by atoms with Crippen LogP contribution in [0.25, 0.3) is 121 Å². The number of fused-ring (bicyclic) bond motifs is 8. The van der Waals surface area contributed by atoms with E-state index in [-0.39, 0.29) is 27.5 Å². The van der Waals surface area contributed by atoms with Gasteiger partial charge in [-0.3, -0.25) is 0 Å². The van der Waals surface area contributed by atoms with E-state index in [9.17, 15) is 22.0 Å². The number of aromatic nitrogens is 2. The van der Waals surface area contributed by atoms with E-state index in [0.717, 1.165) is 58.0 Å². The Balaban J connectivity index is 1.13. The van der Waals surface area contributed by atoms with E-state index in [1.165, 1.54) is 72.8 Å². The van der Waals surface area contributed by atoms with Crippen LogP contribution in [-0.4, -0.2) is 34.9 Å². The topological polar surface area (TPSA) is 9.86 Å². The van der Waals surface area contributed by atoms with Gasteiger partial charge in [-0.1, -0.05) is 66.7 Å². The molecule has 13 aromatic rings. The van der Waals surface area contributed by atoms with Crippen LogP contribution in [0.15, 0.2) is 219 Å². The number of hydrogen-bond donors (Lipinski definition) is 0. The molecule has 0 amide bonds. The van der Waals surface area contributed by atoms with Gasteiger partial charge in [-0.25, -0.2) is 17.6 Å². The second kappa shape index (κ2) is 19.5. The van der Waals surface area contributed by atoms with Gasteiger partial charge in [0.05, 0.1) is 16.6 Å². The predicted molar refractivity (Wildman–Crippen MR) is 310 cm³/mol. The summed E-state index contributed by atoms with van der Waals surface area (Å²) in [5.41, 5.74) is 6.78. The van der Waals surface area contributed by atoms with E-state index in [4.69, 9.17) is 0 Å². The Hall–Kier alpha value is -8.57. The molecular weight excluding hydrogens is 1270 g/mol. The Morgan fingerprint density at radius 2 is 0.675 bits per heavy atom. The van der Waals surface area contributed by atoms with Crippen molar-refractivity contribution in [2.45, 2.75) is 28.4 Å². The summed E-state index contributed by atoms with van der Waals surface area (Å²) >= 11 is -0.750. The fourth-order valence-corrected chi connectivity index (χ4v) is 12.3. The number of nitrogens with zero attached hydrogens (tertiary/aromatic N) is 2.